The van der Waals surface area contributed by atoms with Crippen LogP contribution >= 0.6 is 22.9 Å². The van der Waals surface area contributed by atoms with Crippen molar-refractivity contribution in [3.63, 3.8) is 0 Å². The van der Waals surface area contributed by atoms with Gasteiger partial charge in [0.05, 0.1) is 4.34 Å². The minimum atomic E-state index is -0.219. The van der Waals surface area contributed by atoms with Crippen molar-refractivity contribution in [3.05, 3.63) is 64.0 Å². The van der Waals surface area contributed by atoms with Crippen molar-refractivity contribution in [2.24, 2.45) is 0 Å². The van der Waals surface area contributed by atoms with E-state index in [0.717, 1.165) is 16.0 Å². The third-order valence-electron chi connectivity index (χ3n) is 3.32. The summed E-state index contributed by atoms with van der Waals surface area (Å²) in [7, 11) is 0. The number of nitrogens with zero attached hydrogens (tertiary/aromatic N) is 1. The molecule has 0 aliphatic rings. The molecule has 1 aromatic carbocycles. The van der Waals surface area contributed by atoms with E-state index in [2.05, 4.69) is 10.3 Å². The monoisotopic (exact) mass is 343 g/mol. The van der Waals surface area contributed by atoms with Crippen molar-refractivity contribution in [1.29, 1.82) is 0 Å². The van der Waals surface area contributed by atoms with Crippen LogP contribution in [0.5, 0.6) is 0 Å². The number of hydrogen-bond donors (Lipinski definition) is 2. The average Bonchev–Trinajstić information content (AvgIpc) is 2.94. The molecule has 0 fully saturated rings. The van der Waals surface area contributed by atoms with Gasteiger partial charge >= 0.3 is 0 Å². The number of aromatic nitrogens is 1. The molecule has 0 unspecified atom stereocenters. The van der Waals surface area contributed by atoms with Crippen LogP contribution in [0.2, 0.25) is 4.34 Å². The van der Waals surface area contributed by atoms with Gasteiger partial charge in [0.2, 0.25) is 0 Å². The third-order valence-corrected chi connectivity index (χ3v) is 4.58. The highest BCUT2D eigenvalue weighted by Crippen LogP contribution is 2.34. The highest BCUT2D eigenvalue weighted by Gasteiger charge is 2.10. The van der Waals surface area contributed by atoms with E-state index in [-0.39, 0.29) is 5.91 Å². The average molecular weight is 344 g/mol. The first-order valence-electron chi connectivity index (χ1n) is 6.93. The SMILES string of the molecule is Cc1ccc(C(=O)Nc2ccc(-c3ccc(Cl)s3)c(N)n2)cc1. The van der Waals surface area contributed by atoms with E-state index in [0.29, 0.717) is 21.5 Å². The Morgan fingerprint density at radius 1 is 1.13 bits per heavy atom. The molecule has 1 amide bonds. The van der Waals surface area contributed by atoms with E-state index < -0.39 is 0 Å². The van der Waals surface area contributed by atoms with Gasteiger partial charge in [0, 0.05) is 16.0 Å². The van der Waals surface area contributed by atoms with Gasteiger partial charge in [-0.25, -0.2) is 4.98 Å². The number of hydrogen-bond acceptors (Lipinski definition) is 4. The van der Waals surface area contributed by atoms with Gasteiger partial charge in [0.25, 0.3) is 5.91 Å². The quantitative estimate of drug-likeness (QED) is 0.729. The summed E-state index contributed by atoms with van der Waals surface area (Å²) in [6, 6.07) is 14.6. The van der Waals surface area contributed by atoms with Gasteiger partial charge in [0.1, 0.15) is 11.6 Å². The van der Waals surface area contributed by atoms with E-state index in [1.807, 2.05) is 37.3 Å². The first-order chi connectivity index (χ1) is 11.0. The standard InChI is InChI=1S/C17H14ClN3OS/c1-10-2-4-11(5-3-10)17(22)21-15-9-6-12(16(19)20-15)13-7-8-14(18)23-13/h2-9H,1H3,(H3,19,20,21,22). The Bertz CT molecular complexity index is 859. The molecule has 0 spiro atoms. The number of anilines is 2. The lowest BCUT2D eigenvalue weighted by Gasteiger charge is -2.08. The zero-order valence-electron chi connectivity index (χ0n) is 12.3. The summed E-state index contributed by atoms with van der Waals surface area (Å²) in [5.41, 5.74) is 8.47. The molecular weight excluding hydrogens is 330 g/mol. The van der Waals surface area contributed by atoms with Crippen LogP contribution in [0.15, 0.2) is 48.5 Å². The van der Waals surface area contributed by atoms with Crippen LogP contribution in [0, 0.1) is 6.92 Å². The Kier molecular flexibility index (Phi) is 4.32. The summed E-state index contributed by atoms with van der Waals surface area (Å²) in [5.74, 6) is 0.550. The molecule has 2 aromatic heterocycles. The first kappa shape index (κ1) is 15.5. The van der Waals surface area contributed by atoms with Crippen LogP contribution in [0.3, 0.4) is 0 Å². The number of carbonyl (C=O) groups excluding carboxylic acids is 1. The maximum Gasteiger partial charge on any atom is 0.256 e. The number of benzene rings is 1. The van der Waals surface area contributed by atoms with E-state index >= 15 is 0 Å². The van der Waals surface area contributed by atoms with Gasteiger partial charge in [-0.2, -0.15) is 0 Å². The van der Waals surface area contributed by atoms with Crippen LogP contribution in [0.1, 0.15) is 15.9 Å². The molecule has 0 aliphatic heterocycles. The lowest BCUT2D eigenvalue weighted by Crippen LogP contribution is -2.13. The molecule has 0 saturated heterocycles. The second-order valence-corrected chi connectivity index (χ2v) is 6.77. The van der Waals surface area contributed by atoms with Gasteiger partial charge in [-0.15, -0.1) is 11.3 Å². The van der Waals surface area contributed by atoms with Crippen LogP contribution in [-0.4, -0.2) is 10.9 Å². The number of nitrogens with one attached hydrogen (secondary N) is 1. The lowest BCUT2D eigenvalue weighted by atomic mass is 10.1. The molecule has 0 atom stereocenters. The predicted molar refractivity (Wildman–Crippen MR) is 96.1 cm³/mol. The number of aryl methyl sites for hydroxylation is 1. The maximum absolute atomic E-state index is 12.2. The van der Waals surface area contributed by atoms with Crippen molar-refractivity contribution in [3.8, 4) is 10.4 Å². The lowest BCUT2D eigenvalue weighted by molar-refractivity contribution is 0.102. The molecule has 4 nitrogen and oxygen atoms in total. The van der Waals surface area contributed by atoms with Crippen molar-refractivity contribution in [2.45, 2.75) is 6.92 Å². The summed E-state index contributed by atoms with van der Waals surface area (Å²) in [4.78, 5) is 17.4. The number of halogens is 1. The fourth-order valence-electron chi connectivity index (χ4n) is 2.11. The maximum atomic E-state index is 12.2. The first-order valence-corrected chi connectivity index (χ1v) is 8.12. The topological polar surface area (TPSA) is 68.0 Å². The van der Waals surface area contributed by atoms with E-state index in [9.17, 15) is 4.79 Å². The fourth-order valence-corrected chi connectivity index (χ4v) is 3.18. The van der Waals surface area contributed by atoms with Crippen LogP contribution in [0.25, 0.3) is 10.4 Å². The third kappa shape index (κ3) is 3.52. The van der Waals surface area contributed by atoms with Gasteiger partial charge in [-0.3, -0.25) is 4.79 Å². The van der Waals surface area contributed by atoms with Crippen LogP contribution in [-0.2, 0) is 0 Å². The number of nitrogens with two attached hydrogens (primary N) is 1. The van der Waals surface area contributed by atoms with Crippen molar-refractivity contribution in [1.82, 2.24) is 4.98 Å². The van der Waals surface area contributed by atoms with E-state index in [4.69, 9.17) is 17.3 Å². The van der Waals surface area contributed by atoms with Crippen LogP contribution in [0.4, 0.5) is 11.6 Å². The number of carbonyl (C=O) groups is 1. The number of thiophene rings is 1. The molecular formula is C17H14ClN3OS. The molecule has 0 aliphatic carbocycles. The summed E-state index contributed by atoms with van der Waals surface area (Å²) >= 11 is 7.37. The van der Waals surface area contributed by atoms with Gasteiger partial charge in [-0.05, 0) is 43.3 Å². The predicted octanol–water partition coefficient (Wildman–Crippen LogP) is 4.61. The van der Waals surface area contributed by atoms with E-state index in [1.165, 1.54) is 11.3 Å². The molecule has 23 heavy (non-hydrogen) atoms. The summed E-state index contributed by atoms with van der Waals surface area (Å²) < 4.78 is 0.691. The largest absolute Gasteiger partial charge is 0.383 e. The molecule has 3 N–H and O–H groups in total. The fraction of sp³-hybridized carbons (Fsp3) is 0.0588. The number of rotatable bonds is 3. The molecule has 0 radical (unpaired) electrons. The molecule has 0 saturated carbocycles. The highest BCUT2D eigenvalue weighted by atomic mass is 35.5. The minimum Gasteiger partial charge on any atom is -0.383 e. The number of pyridine rings is 1. The Morgan fingerprint density at radius 2 is 1.87 bits per heavy atom. The Morgan fingerprint density at radius 3 is 2.48 bits per heavy atom. The molecule has 0 bridgehead atoms. The molecule has 3 aromatic rings. The Hall–Kier alpha value is -2.37. The second kappa shape index (κ2) is 6.40. The summed E-state index contributed by atoms with van der Waals surface area (Å²) in [6.45, 7) is 1.97. The van der Waals surface area contributed by atoms with Crippen molar-refractivity contribution in [2.75, 3.05) is 11.1 Å². The normalized spacial score (nSPS) is 10.5. The second-order valence-electron chi connectivity index (χ2n) is 5.05. The molecule has 6 heteroatoms. The summed E-state index contributed by atoms with van der Waals surface area (Å²) in [6.07, 6.45) is 0. The van der Waals surface area contributed by atoms with Crippen LogP contribution < -0.4 is 11.1 Å². The van der Waals surface area contributed by atoms with Gasteiger partial charge in [-0.1, -0.05) is 29.3 Å². The zero-order valence-corrected chi connectivity index (χ0v) is 13.9. The number of nitrogen functional groups attached to an aromatic ring is 1. The van der Waals surface area contributed by atoms with Crippen molar-refractivity contribution < 1.29 is 4.79 Å². The van der Waals surface area contributed by atoms with E-state index in [1.54, 1.807) is 18.2 Å². The number of amides is 1. The Balaban J connectivity index is 1.80. The highest BCUT2D eigenvalue weighted by molar-refractivity contribution is 7.19. The minimum absolute atomic E-state index is 0.219. The smallest absolute Gasteiger partial charge is 0.256 e. The zero-order chi connectivity index (χ0) is 16.4. The van der Waals surface area contributed by atoms with Gasteiger partial charge in [0.15, 0.2) is 0 Å². The van der Waals surface area contributed by atoms with Crippen molar-refractivity contribution >= 4 is 40.5 Å². The van der Waals surface area contributed by atoms with Gasteiger partial charge < -0.3 is 11.1 Å². The molecule has 2 heterocycles. The molecule has 116 valence electrons. The summed E-state index contributed by atoms with van der Waals surface area (Å²) in [5, 5.41) is 2.75. The molecule has 3 rings (SSSR count). The Labute approximate surface area is 142 Å².